The first kappa shape index (κ1) is 15.6. The molecule has 1 aliphatic carbocycles. The van der Waals surface area contributed by atoms with Gasteiger partial charge in [-0.2, -0.15) is 0 Å². The zero-order chi connectivity index (χ0) is 14.6. The van der Waals surface area contributed by atoms with Crippen LogP contribution in [-0.4, -0.2) is 54.0 Å². The summed E-state index contributed by atoms with van der Waals surface area (Å²) in [6.45, 7) is 12.1. The minimum atomic E-state index is 0.238. The summed E-state index contributed by atoms with van der Waals surface area (Å²) in [7, 11) is 0. The van der Waals surface area contributed by atoms with Gasteiger partial charge in [0.2, 0.25) is 0 Å². The highest BCUT2D eigenvalue weighted by Crippen LogP contribution is 2.37. The Kier molecular flexibility index (Phi) is 5.30. The molecule has 2 N–H and O–H groups in total. The zero-order valence-corrected chi connectivity index (χ0v) is 13.6. The summed E-state index contributed by atoms with van der Waals surface area (Å²) < 4.78 is 0. The molecule has 0 radical (unpaired) electrons. The maximum atomic E-state index is 6.20. The summed E-state index contributed by atoms with van der Waals surface area (Å²) in [4.78, 5) is 9.50. The summed E-state index contributed by atoms with van der Waals surface area (Å²) in [5.74, 6) is 1.65. The van der Waals surface area contributed by atoms with Crippen LogP contribution in [0, 0.1) is 5.92 Å². The molecule has 0 bridgehead atoms. The van der Waals surface area contributed by atoms with Crippen LogP contribution in [0.1, 0.15) is 52.9 Å². The van der Waals surface area contributed by atoms with Crippen molar-refractivity contribution >= 4 is 5.96 Å². The van der Waals surface area contributed by atoms with Crippen LogP contribution in [-0.2, 0) is 0 Å². The lowest BCUT2D eigenvalue weighted by molar-refractivity contribution is 0.152. The molecule has 4 nitrogen and oxygen atoms in total. The highest BCUT2D eigenvalue weighted by atomic mass is 15.4. The van der Waals surface area contributed by atoms with Crippen molar-refractivity contribution in [3.05, 3.63) is 0 Å². The zero-order valence-electron chi connectivity index (χ0n) is 13.6. The molecule has 1 saturated carbocycles. The lowest BCUT2D eigenvalue weighted by Crippen LogP contribution is -2.53. The van der Waals surface area contributed by atoms with E-state index in [0.29, 0.717) is 0 Å². The van der Waals surface area contributed by atoms with Crippen LogP contribution in [0.25, 0.3) is 0 Å². The van der Waals surface area contributed by atoms with Crippen molar-refractivity contribution in [3.63, 3.8) is 0 Å². The van der Waals surface area contributed by atoms with Gasteiger partial charge in [0, 0.05) is 13.1 Å². The smallest absolute Gasteiger partial charge is 0.191 e. The third-order valence-electron chi connectivity index (χ3n) is 5.36. The Hall–Kier alpha value is -0.770. The quantitative estimate of drug-likeness (QED) is 0.840. The van der Waals surface area contributed by atoms with E-state index in [1.54, 1.807) is 0 Å². The van der Waals surface area contributed by atoms with Gasteiger partial charge < -0.3 is 15.5 Å². The molecule has 0 aromatic heterocycles. The third-order valence-corrected chi connectivity index (χ3v) is 5.36. The van der Waals surface area contributed by atoms with Crippen LogP contribution in [0.4, 0.5) is 0 Å². The summed E-state index contributed by atoms with van der Waals surface area (Å²) in [6.07, 6.45) is 6.54. The van der Waals surface area contributed by atoms with E-state index in [1.807, 2.05) is 0 Å². The van der Waals surface area contributed by atoms with Gasteiger partial charge in [0.25, 0.3) is 0 Å². The molecule has 0 saturated heterocycles. The predicted molar refractivity (Wildman–Crippen MR) is 86.0 cm³/mol. The van der Waals surface area contributed by atoms with Gasteiger partial charge in [0.1, 0.15) is 0 Å². The van der Waals surface area contributed by atoms with Crippen LogP contribution < -0.4 is 5.73 Å². The molecule has 2 aliphatic rings. The topological polar surface area (TPSA) is 44.9 Å². The number of aliphatic imine (C=N–C) groups is 1. The van der Waals surface area contributed by atoms with Crippen molar-refractivity contribution in [2.75, 3.05) is 32.7 Å². The summed E-state index contributed by atoms with van der Waals surface area (Å²) in [5.41, 5.74) is 6.43. The average Bonchev–Trinajstić information content (AvgIpc) is 2.63. The number of likely N-dealkylation sites (N-methyl/N-ethyl adjacent to an activating group) is 1. The SMILES string of the molecule is CCN(CC)CCN1C(N)=NCC12CCCC(C)CC2. The van der Waals surface area contributed by atoms with Crippen LogP contribution in [0.3, 0.4) is 0 Å². The molecular formula is C16H32N4. The van der Waals surface area contributed by atoms with Crippen molar-refractivity contribution in [3.8, 4) is 0 Å². The number of hydrogen-bond donors (Lipinski definition) is 1. The molecule has 1 aliphatic heterocycles. The predicted octanol–water partition coefficient (Wildman–Crippen LogP) is 2.30. The lowest BCUT2D eigenvalue weighted by Gasteiger charge is -2.40. The number of guanidine groups is 1. The van der Waals surface area contributed by atoms with Crippen LogP contribution in [0.15, 0.2) is 4.99 Å². The Labute approximate surface area is 124 Å². The first-order chi connectivity index (χ1) is 9.61. The normalized spacial score (nSPS) is 30.9. The maximum absolute atomic E-state index is 6.20. The first-order valence-corrected chi connectivity index (χ1v) is 8.41. The van der Waals surface area contributed by atoms with Crippen molar-refractivity contribution in [1.82, 2.24) is 9.80 Å². The molecule has 2 unspecified atom stereocenters. The second-order valence-electron chi connectivity index (χ2n) is 6.61. The molecule has 20 heavy (non-hydrogen) atoms. The first-order valence-electron chi connectivity index (χ1n) is 8.41. The number of nitrogens with two attached hydrogens (primary N) is 1. The minimum Gasteiger partial charge on any atom is -0.370 e. The molecule has 4 heteroatoms. The van der Waals surface area contributed by atoms with Gasteiger partial charge in [-0.1, -0.05) is 33.6 Å². The van der Waals surface area contributed by atoms with Gasteiger partial charge in [-0.25, -0.2) is 0 Å². The molecular weight excluding hydrogens is 248 g/mol. The Morgan fingerprint density at radius 2 is 2.05 bits per heavy atom. The third kappa shape index (κ3) is 3.27. The Bertz CT molecular complexity index is 337. The van der Waals surface area contributed by atoms with Crippen LogP contribution >= 0.6 is 0 Å². The van der Waals surface area contributed by atoms with Crippen molar-refractivity contribution in [1.29, 1.82) is 0 Å². The van der Waals surface area contributed by atoms with E-state index in [4.69, 9.17) is 5.73 Å². The van der Waals surface area contributed by atoms with Crippen molar-refractivity contribution in [2.45, 2.75) is 58.4 Å². The molecule has 0 aromatic rings. The fourth-order valence-electron chi connectivity index (χ4n) is 3.77. The Morgan fingerprint density at radius 1 is 1.30 bits per heavy atom. The maximum Gasteiger partial charge on any atom is 0.191 e. The average molecular weight is 280 g/mol. The number of nitrogens with zero attached hydrogens (tertiary/aromatic N) is 3. The fourth-order valence-corrected chi connectivity index (χ4v) is 3.77. The van der Waals surface area contributed by atoms with Crippen LogP contribution in [0.5, 0.6) is 0 Å². The standard InChI is InChI=1S/C16H32N4/c1-4-19(5-2)11-12-20-15(17)18-13-16(20)9-6-7-14(3)8-10-16/h14H,4-13H2,1-3H3,(H2,17,18). The molecule has 1 fully saturated rings. The second-order valence-corrected chi connectivity index (χ2v) is 6.61. The molecule has 1 spiro atoms. The summed E-state index contributed by atoms with van der Waals surface area (Å²) >= 11 is 0. The molecule has 116 valence electrons. The van der Waals surface area contributed by atoms with E-state index >= 15 is 0 Å². The van der Waals surface area contributed by atoms with E-state index in [-0.39, 0.29) is 5.54 Å². The molecule has 2 rings (SSSR count). The Balaban J connectivity index is 2.01. The van der Waals surface area contributed by atoms with Gasteiger partial charge in [-0.05, 0) is 38.3 Å². The van der Waals surface area contributed by atoms with Crippen molar-refractivity contribution < 1.29 is 0 Å². The largest absolute Gasteiger partial charge is 0.370 e. The van der Waals surface area contributed by atoms with Gasteiger partial charge >= 0.3 is 0 Å². The van der Waals surface area contributed by atoms with Crippen LogP contribution in [0.2, 0.25) is 0 Å². The van der Waals surface area contributed by atoms with Gasteiger partial charge in [-0.15, -0.1) is 0 Å². The second kappa shape index (κ2) is 6.79. The summed E-state index contributed by atoms with van der Waals surface area (Å²) in [5, 5.41) is 0. The van der Waals surface area contributed by atoms with Gasteiger partial charge in [-0.3, -0.25) is 4.99 Å². The van der Waals surface area contributed by atoms with Crippen molar-refractivity contribution in [2.24, 2.45) is 16.6 Å². The number of hydrogen-bond acceptors (Lipinski definition) is 4. The molecule has 0 aromatic carbocycles. The molecule has 0 amide bonds. The highest BCUT2D eigenvalue weighted by Gasteiger charge is 2.42. The number of rotatable bonds is 5. The molecule has 2 atom stereocenters. The molecule has 1 heterocycles. The van der Waals surface area contributed by atoms with E-state index < -0.39 is 0 Å². The van der Waals surface area contributed by atoms with Gasteiger partial charge in [0.05, 0.1) is 12.1 Å². The van der Waals surface area contributed by atoms with E-state index in [1.165, 1.54) is 32.1 Å². The minimum absolute atomic E-state index is 0.238. The highest BCUT2D eigenvalue weighted by molar-refractivity contribution is 5.81. The van der Waals surface area contributed by atoms with Gasteiger partial charge in [0.15, 0.2) is 5.96 Å². The van der Waals surface area contributed by atoms with E-state index in [0.717, 1.165) is 44.6 Å². The van der Waals surface area contributed by atoms with E-state index in [9.17, 15) is 0 Å². The Morgan fingerprint density at radius 3 is 2.75 bits per heavy atom. The monoisotopic (exact) mass is 280 g/mol. The van der Waals surface area contributed by atoms with E-state index in [2.05, 4.69) is 35.6 Å². The fraction of sp³-hybridized carbons (Fsp3) is 0.938. The summed E-state index contributed by atoms with van der Waals surface area (Å²) in [6, 6.07) is 0. The lowest BCUT2D eigenvalue weighted by atomic mass is 9.88.